The van der Waals surface area contributed by atoms with E-state index in [9.17, 15) is 18.7 Å². The molecule has 8 heteroatoms. The first-order valence-electron chi connectivity index (χ1n) is 5.18. The standard InChI is InChI=1S/C10H12ClFN2O3S/c1-2-18(17)4-3-13-9-6-8(12)7(11)5-10(9)14(15)16/h5-6,13H,2-4H2,1H3. The highest BCUT2D eigenvalue weighted by molar-refractivity contribution is 7.84. The fourth-order valence-corrected chi connectivity index (χ4v) is 2.05. The van der Waals surface area contributed by atoms with Gasteiger partial charge in [0.15, 0.2) is 0 Å². The van der Waals surface area contributed by atoms with Crippen LogP contribution in [0.4, 0.5) is 15.8 Å². The monoisotopic (exact) mass is 294 g/mol. The average Bonchev–Trinajstić information content (AvgIpc) is 2.32. The van der Waals surface area contributed by atoms with E-state index in [1.54, 1.807) is 6.92 Å². The van der Waals surface area contributed by atoms with Crippen LogP contribution in [0.25, 0.3) is 0 Å². The van der Waals surface area contributed by atoms with Crippen LogP contribution in [0, 0.1) is 15.9 Å². The number of hydrogen-bond acceptors (Lipinski definition) is 4. The van der Waals surface area contributed by atoms with Crippen molar-refractivity contribution in [1.82, 2.24) is 0 Å². The zero-order chi connectivity index (χ0) is 13.7. The van der Waals surface area contributed by atoms with Gasteiger partial charge in [0.2, 0.25) is 0 Å². The van der Waals surface area contributed by atoms with Gasteiger partial charge in [-0.25, -0.2) is 4.39 Å². The molecule has 0 fully saturated rings. The summed E-state index contributed by atoms with van der Waals surface area (Å²) in [6.07, 6.45) is 0. The van der Waals surface area contributed by atoms with Crippen molar-refractivity contribution in [2.45, 2.75) is 6.92 Å². The van der Waals surface area contributed by atoms with Gasteiger partial charge in [0, 0.05) is 41.0 Å². The third-order valence-electron chi connectivity index (χ3n) is 2.20. The Kier molecular flexibility index (Phi) is 5.49. The van der Waals surface area contributed by atoms with Gasteiger partial charge in [0.25, 0.3) is 5.69 Å². The minimum absolute atomic E-state index is 0.0370. The van der Waals surface area contributed by atoms with Crippen LogP contribution in [0.2, 0.25) is 5.02 Å². The maximum Gasteiger partial charge on any atom is 0.294 e. The molecule has 1 aromatic rings. The van der Waals surface area contributed by atoms with E-state index in [-0.39, 0.29) is 22.9 Å². The zero-order valence-corrected chi connectivity index (χ0v) is 11.2. The lowest BCUT2D eigenvalue weighted by molar-refractivity contribution is -0.384. The van der Waals surface area contributed by atoms with Gasteiger partial charge in [-0.15, -0.1) is 0 Å². The normalized spacial score (nSPS) is 12.2. The summed E-state index contributed by atoms with van der Waals surface area (Å²) in [4.78, 5) is 10.1. The Balaban J connectivity index is 2.83. The number of nitro benzene ring substituents is 1. The third-order valence-corrected chi connectivity index (χ3v) is 3.80. The summed E-state index contributed by atoms with van der Waals surface area (Å²) in [5.74, 6) is 0.123. The van der Waals surface area contributed by atoms with E-state index in [2.05, 4.69) is 5.32 Å². The summed E-state index contributed by atoms with van der Waals surface area (Å²) in [6, 6.07) is 1.92. The van der Waals surface area contributed by atoms with E-state index in [1.807, 2.05) is 0 Å². The smallest absolute Gasteiger partial charge is 0.294 e. The minimum atomic E-state index is -0.980. The molecule has 0 saturated heterocycles. The van der Waals surface area contributed by atoms with Crippen molar-refractivity contribution in [3.63, 3.8) is 0 Å². The molecule has 1 aromatic carbocycles. The number of halogens is 2. The van der Waals surface area contributed by atoms with Gasteiger partial charge in [0.1, 0.15) is 11.5 Å². The second-order valence-electron chi connectivity index (χ2n) is 3.40. The molecular weight excluding hydrogens is 283 g/mol. The highest BCUT2D eigenvalue weighted by atomic mass is 35.5. The van der Waals surface area contributed by atoms with Gasteiger partial charge in [-0.3, -0.25) is 14.3 Å². The Morgan fingerprint density at radius 3 is 2.78 bits per heavy atom. The van der Waals surface area contributed by atoms with Gasteiger partial charge >= 0.3 is 0 Å². The molecule has 1 atom stereocenters. The van der Waals surface area contributed by atoms with Crippen LogP contribution in [0.3, 0.4) is 0 Å². The SMILES string of the molecule is CCS(=O)CCNc1cc(F)c(Cl)cc1[N+](=O)[O-]. The molecule has 0 aliphatic rings. The van der Waals surface area contributed by atoms with Gasteiger partial charge in [0.05, 0.1) is 9.95 Å². The molecule has 1 N–H and O–H groups in total. The van der Waals surface area contributed by atoms with Gasteiger partial charge in [-0.05, 0) is 0 Å². The van der Waals surface area contributed by atoms with E-state index in [0.29, 0.717) is 11.5 Å². The Hall–Kier alpha value is -1.21. The summed E-state index contributed by atoms with van der Waals surface area (Å²) in [6.45, 7) is 2.04. The predicted octanol–water partition coefficient (Wildman–Crippen LogP) is 2.57. The minimum Gasteiger partial charge on any atom is -0.378 e. The summed E-state index contributed by atoms with van der Waals surface area (Å²) in [5.41, 5.74) is -0.265. The lowest BCUT2D eigenvalue weighted by atomic mass is 10.2. The maximum atomic E-state index is 13.2. The fraction of sp³-hybridized carbons (Fsp3) is 0.400. The molecule has 0 heterocycles. The topological polar surface area (TPSA) is 72.2 Å². The lowest BCUT2D eigenvalue weighted by Gasteiger charge is -2.07. The van der Waals surface area contributed by atoms with Crippen LogP contribution < -0.4 is 5.32 Å². The van der Waals surface area contributed by atoms with Gasteiger partial charge < -0.3 is 5.32 Å². The van der Waals surface area contributed by atoms with Crippen molar-refractivity contribution in [2.24, 2.45) is 0 Å². The highest BCUT2D eigenvalue weighted by Gasteiger charge is 2.17. The maximum absolute atomic E-state index is 13.2. The number of rotatable bonds is 6. The Bertz CT molecular complexity index is 484. The molecule has 0 aromatic heterocycles. The number of nitrogens with one attached hydrogen (secondary N) is 1. The molecule has 0 saturated carbocycles. The predicted molar refractivity (Wildman–Crippen MR) is 70.1 cm³/mol. The molecule has 5 nitrogen and oxygen atoms in total. The summed E-state index contributed by atoms with van der Waals surface area (Å²) >= 11 is 5.48. The number of benzene rings is 1. The number of hydrogen-bond donors (Lipinski definition) is 1. The average molecular weight is 295 g/mol. The molecule has 0 aliphatic heterocycles. The number of nitrogens with zero attached hydrogens (tertiary/aromatic N) is 1. The van der Waals surface area contributed by atoms with Crippen LogP contribution in [-0.4, -0.2) is 27.2 Å². The van der Waals surface area contributed by atoms with Crippen LogP contribution in [0.1, 0.15) is 6.92 Å². The van der Waals surface area contributed by atoms with Crippen LogP contribution in [0.15, 0.2) is 12.1 Å². The van der Waals surface area contributed by atoms with E-state index >= 15 is 0 Å². The Labute approximate surface area is 111 Å². The van der Waals surface area contributed by atoms with Crippen LogP contribution in [-0.2, 0) is 10.8 Å². The van der Waals surface area contributed by atoms with Gasteiger partial charge in [-0.1, -0.05) is 18.5 Å². The largest absolute Gasteiger partial charge is 0.378 e. The highest BCUT2D eigenvalue weighted by Crippen LogP contribution is 2.30. The second-order valence-corrected chi connectivity index (χ2v) is 5.67. The zero-order valence-electron chi connectivity index (χ0n) is 9.61. The quantitative estimate of drug-likeness (QED) is 0.646. The van der Waals surface area contributed by atoms with Crippen molar-refractivity contribution in [3.05, 3.63) is 33.1 Å². The van der Waals surface area contributed by atoms with E-state index < -0.39 is 21.5 Å². The first-order valence-corrected chi connectivity index (χ1v) is 7.04. The van der Waals surface area contributed by atoms with Crippen molar-refractivity contribution in [3.8, 4) is 0 Å². The molecule has 1 rings (SSSR count). The Morgan fingerprint density at radius 1 is 1.56 bits per heavy atom. The van der Waals surface area contributed by atoms with Crippen LogP contribution in [0.5, 0.6) is 0 Å². The van der Waals surface area contributed by atoms with Crippen LogP contribution >= 0.6 is 11.6 Å². The summed E-state index contributed by atoms with van der Waals surface area (Å²) < 4.78 is 24.4. The molecule has 0 spiro atoms. The molecule has 1 unspecified atom stereocenters. The third kappa shape index (κ3) is 3.92. The van der Waals surface area contributed by atoms with E-state index in [1.165, 1.54) is 0 Å². The summed E-state index contributed by atoms with van der Waals surface area (Å²) in [7, 11) is -0.980. The number of anilines is 1. The molecule has 18 heavy (non-hydrogen) atoms. The molecule has 100 valence electrons. The molecule has 0 radical (unpaired) electrons. The van der Waals surface area contributed by atoms with Crippen molar-refractivity contribution in [2.75, 3.05) is 23.4 Å². The van der Waals surface area contributed by atoms with Gasteiger partial charge in [-0.2, -0.15) is 0 Å². The van der Waals surface area contributed by atoms with Crippen molar-refractivity contribution in [1.29, 1.82) is 0 Å². The first-order chi connectivity index (χ1) is 8.45. The van der Waals surface area contributed by atoms with Crippen molar-refractivity contribution < 1.29 is 13.5 Å². The molecular formula is C10H12ClFN2O3S. The van der Waals surface area contributed by atoms with Crippen molar-refractivity contribution >= 4 is 33.8 Å². The first kappa shape index (κ1) is 14.8. The molecule has 0 bridgehead atoms. The lowest BCUT2D eigenvalue weighted by Crippen LogP contribution is -2.13. The molecule has 0 aliphatic carbocycles. The fourth-order valence-electron chi connectivity index (χ4n) is 1.27. The summed E-state index contributed by atoms with van der Waals surface area (Å²) in [5, 5.41) is 13.2. The second kappa shape index (κ2) is 6.65. The Morgan fingerprint density at radius 2 is 2.22 bits per heavy atom. The molecule has 0 amide bonds. The van der Waals surface area contributed by atoms with E-state index in [4.69, 9.17) is 11.6 Å². The van der Waals surface area contributed by atoms with E-state index in [0.717, 1.165) is 12.1 Å². The number of nitro groups is 1.